The van der Waals surface area contributed by atoms with Crippen molar-refractivity contribution < 1.29 is 32.3 Å². The van der Waals surface area contributed by atoms with Gasteiger partial charge < -0.3 is 19.4 Å². The van der Waals surface area contributed by atoms with Gasteiger partial charge >= 0.3 is 12.3 Å². The number of piperidine rings is 1. The number of amides is 3. The molecule has 226 valence electrons. The van der Waals surface area contributed by atoms with Crippen molar-refractivity contribution in [3.63, 3.8) is 0 Å². The van der Waals surface area contributed by atoms with Crippen LogP contribution in [0.3, 0.4) is 0 Å². The van der Waals surface area contributed by atoms with Gasteiger partial charge in [-0.2, -0.15) is 13.2 Å². The van der Waals surface area contributed by atoms with E-state index in [2.05, 4.69) is 4.98 Å². The van der Waals surface area contributed by atoms with Gasteiger partial charge in [0.1, 0.15) is 5.69 Å². The van der Waals surface area contributed by atoms with Crippen LogP contribution in [0.25, 0.3) is 0 Å². The first-order valence-corrected chi connectivity index (χ1v) is 14.5. The maximum atomic E-state index is 13.7. The van der Waals surface area contributed by atoms with Crippen LogP contribution in [0.1, 0.15) is 49.8 Å². The van der Waals surface area contributed by atoms with Crippen LogP contribution in [-0.2, 0) is 15.8 Å². The van der Waals surface area contributed by atoms with Gasteiger partial charge in [-0.3, -0.25) is 9.59 Å². The Balaban J connectivity index is 1.29. The Morgan fingerprint density at radius 1 is 1.02 bits per heavy atom. The number of benzene rings is 1. The van der Waals surface area contributed by atoms with Crippen molar-refractivity contribution in [3.8, 4) is 5.75 Å². The number of hydrogen-bond donors (Lipinski definition) is 0. The number of carbonyl (C=O) groups is 3. The van der Waals surface area contributed by atoms with E-state index >= 15 is 0 Å². The molecule has 5 rings (SSSR count). The van der Waals surface area contributed by atoms with E-state index in [0.717, 1.165) is 36.7 Å². The molecule has 2 atom stereocenters. The Kier molecular flexibility index (Phi) is 8.37. The van der Waals surface area contributed by atoms with Gasteiger partial charge in [-0.1, -0.05) is 36.2 Å². The third kappa shape index (κ3) is 6.32. The monoisotopic (exact) mass is 626 g/mol. The first-order chi connectivity index (χ1) is 19.8. The quantitative estimate of drug-likeness (QED) is 0.414. The Labute approximate surface area is 251 Å². The topological polar surface area (TPSA) is 83.1 Å². The summed E-state index contributed by atoms with van der Waals surface area (Å²) in [6.45, 7) is 3.59. The molecular formula is C29H31Cl2F3N4O4. The standard InChI is InChI=1S/C29H31Cl2F3N4O4/c1-28(9-10-28)26(40)37-11-7-17(8-12-37)25(39)38-15-20(18-3-5-21(30)22(31)13-18)23(16-38)36(2)27(41)42-19-4-6-24(35-14-19)29(32,33)34/h3-6,13-14,17,20,23H,7-12,15-16H2,1-2H3/t20-,23?/m0/s1. The average Bonchev–Trinajstić information content (AvgIpc) is 3.56. The van der Waals surface area contributed by atoms with Crippen LogP contribution in [-0.4, -0.2) is 76.9 Å². The number of hydrogen-bond acceptors (Lipinski definition) is 5. The van der Waals surface area contributed by atoms with Crippen LogP contribution in [0.4, 0.5) is 18.0 Å². The van der Waals surface area contributed by atoms with E-state index in [1.165, 1.54) is 11.9 Å². The van der Waals surface area contributed by atoms with Gasteiger partial charge in [0, 0.05) is 50.5 Å². The average molecular weight is 627 g/mol. The summed E-state index contributed by atoms with van der Waals surface area (Å²) in [6, 6.07) is 6.40. The van der Waals surface area contributed by atoms with Crippen LogP contribution in [0.5, 0.6) is 5.75 Å². The Morgan fingerprint density at radius 3 is 2.29 bits per heavy atom. The summed E-state index contributed by atoms with van der Waals surface area (Å²) in [5.41, 5.74) is -0.572. The number of alkyl halides is 3. The molecule has 0 N–H and O–H groups in total. The molecule has 1 aliphatic carbocycles. The lowest BCUT2D eigenvalue weighted by Crippen LogP contribution is -2.46. The van der Waals surface area contributed by atoms with Crippen molar-refractivity contribution in [1.29, 1.82) is 0 Å². The number of ether oxygens (including phenoxy) is 1. The second-order valence-electron chi connectivity index (χ2n) is 11.6. The smallest absolute Gasteiger partial charge is 0.409 e. The van der Waals surface area contributed by atoms with Crippen LogP contribution in [0.2, 0.25) is 10.0 Å². The molecule has 2 aliphatic heterocycles. The highest BCUT2D eigenvalue weighted by Crippen LogP contribution is 2.47. The molecule has 13 heteroatoms. The molecule has 1 aromatic heterocycles. The molecule has 3 aliphatic rings. The van der Waals surface area contributed by atoms with E-state index in [9.17, 15) is 27.6 Å². The normalized spacial score (nSPS) is 22.2. The van der Waals surface area contributed by atoms with Crippen molar-refractivity contribution in [3.05, 3.63) is 57.8 Å². The van der Waals surface area contributed by atoms with Crippen molar-refractivity contribution in [2.75, 3.05) is 33.2 Å². The number of nitrogens with zero attached hydrogens (tertiary/aromatic N) is 4. The summed E-state index contributed by atoms with van der Waals surface area (Å²) in [6.07, 6.45) is -1.64. The molecule has 8 nitrogen and oxygen atoms in total. The minimum Gasteiger partial charge on any atom is -0.409 e. The minimum absolute atomic E-state index is 0.0407. The highest BCUT2D eigenvalue weighted by atomic mass is 35.5. The molecule has 3 heterocycles. The zero-order chi connectivity index (χ0) is 30.4. The fourth-order valence-corrected chi connectivity index (χ4v) is 6.02. The molecule has 1 unspecified atom stereocenters. The molecule has 2 aromatic rings. The van der Waals surface area contributed by atoms with Gasteiger partial charge in [0.25, 0.3) is 0 Å². The van der Waals surface area contributed by atoms with E-state index in [1.54, 1.807) is 23.1 Å². The van der Waals surface area contributed by atoms with Crippen LogP contribution in [0.15, 0.2) is 36.5 Å². The van der Waals surface area contributed by atoms with E-state index in [4.69, 9.17) is 27.9 Å². The van der Waals surface area contributed by atoms with Gasteiger partial charge in [0.05, 0.1) is 22.3 Å². The molecule has 0 bridgehead atoms. The van der Waals surface area contributed by atoms with E-state index < -0.39 is 24.0 Å². The lowest BCUT2D eigenvalue weighted by atomic mass is 9.93. The number of halogens is 5. The van der Waals surface area contributed by atoms with Crippen LogP contribution in [0, 0.1) is 11.3 Å². The third-order valence-electron chi connectivity index (χ3n) is 8.64. The Morgan fingerprint density at radius 2 is 1.71 bits per heavy atom. The highest BCUT2D eigenvalue weighted by Gasteiger charge is 2.48. The molecule has 1 aromatic carbocycles. The highest BCUT2D eigenvalue weighted by molar-refractivity contribution is 6.42. The number of likely N-dealkylation sites (N-methyl/N-ethyl adjacent to an activating group) is 1. The minimum atomic E-state index is -4.62. The van der Waals surface area contributed by atoms with E-state index in [1.807, 2.05) is 11.8 Å². The van der Waals surface area contributed by atoms with Gasteiger partial charge in [0.15, 0.2) is 5.75 Å². The Bertz CT molecular complexity index is 1360. The molecule has 2 saturated heterocycles. The van der Waals surface area contributed by atoms with Gasteiger partial charge in [-0.25, -0.2) is 9.78 Å². The molecule has 3 amide bonds. The fraction of sp³-hybridized carbons (Fsp3) is 0.517. The molecule has 1 saturated carbocycles. The van der Waals surface area contributed by atoms with Crippen molar-refractivity contribution in [1.82, 2.24) is 19.7 Å². The number of pyridine rings is 1. The van der Waals surface area contributed by atoms with Crippen molar-refractivity contribution in [2.24, 2.45) is 11.3 Å². The largest absolute Gasteiger partial charge is 0.433 e. The summed E-state index contributed by atoms with van der Waals surface area (Å²) in [5, 5.41) is 0.701. The Hall–Kier alpha value is -3.05. The predicted octanol–water partition coefficient (Wildman–Crippen LogP) is 5.87. The fourth-order valence-electron chi connectivity index (χ4n) is 5.72. The summed E-state index contributed by atoms with van der Waals surface area (Å²) in [5.74, 6) is -0.592. The predicted molar refractivity (Wildman–Crippen MR) is 149 cm³/mol. The maximum Gasteiger partial charge on any atom is 0.433 e. The first kappa shape index (κ1) is 30.4. The summed E-state index contributed by atoms with van der Waals surface area (Å²) >= 11 is 12.4. The van der Waals surface area contributed by atoms with Gasteiger partial charge in [-0.05, 0) is 55.5 Å². The zero-order valence-corrected chi connectivity index (χ0v) is 24.7. The second kappa shape index (κ2) is 11.6. The second-order valence-corrected chi connectivity index (χ2v) is 12.4. The molecular weight excluding hydrogens is 596 g/mol. The third-order valence-corrected chi connectivity index (χ3v) is 9.38. The SMILES string of the molecule is CN(C(=O)Oc1ccc(C(F)(F)F)nc1)C1CN(C(=O)C2CCN(C(=O)C3(C)CC3)CC2)C[C@H]1c1ccc(Cl)c(Cl)c1. The maximum absolute atomic E-state index is 13.7. The summed E-state index contributed by atoms with van der Waals surface area (Å²) in [7, 11) is 1.52. The number of aromatic nitrogens is 1. The first-order valence-electron chi connectivity index (χ1n) is 13.8. The summed E-state index contributed by atoms with van der Waals surface area (Å²) in [4.78, 5) is 47.8. The number of likely N-dealkylation sites (tertiary alicyclic amines) is 2. The molecule has 0 radical (unpaired) electrons. The van der Waals surface area contributed by atoms with Crippen molar-refractivity contribution >= 4 is 41.1 Å². The molecule has 0 spiro atoms. The lowest BCUT2D eigenvalue weighted by molar-refractivity contribution is -0.142. The number of rotatable bonds is 5. The van der Waals surface area contributed by atoms with E-state index in [-0.39, 0.29) is 41.4 Å². The summed E-state index contributed by atoms with van der Waals surface area (Å²) < 4.78 is 43.9. The number of carbonyl (C=O) groups excluding carboxylic acids is 3. The molecule has 3 fully saturated rings. The molecule has 42 heavy (non-hydrogen) atoms. The van der Waals surface area contributed by atoms with Crippen LogP contribution < -0.4 is 4.74 Å². The lowest BCUT2D eigenvalue weighted by Gasteiger charge is -2.34. The van der Waals surface area contributed by atoms with E-state index in [0.29, 0.717) is 42.5 Å². The zero-order valence-electron chi connectivity index (χ0n) is 23.2. The van der Waals surface area contributed by atoms with Crippen LogP contribution >= 0.6 is 23.2 Å². The van der Waals surface area contributed by atoms with Gasteiger partial charge in [-0.15, -0.1) is 0 Å². The van der Waals surface area contributed by atoms with Crippen molar-refractivity contribution in [2.45, 2.75) is 50.7 Å². The van der Waals surface area contributed by atoms with Gasteiger partial charge in [0.2, 0.25) is 11.8 Å².